The molecule has 2 atom stereocenters. The van der Waals surface area contributed by atoms with E-state index in [-0.39, 0.29) is 23.1 Å². The summed E-state index contributed by atoms with van der Waals surface area (Å²) in [5.41, 5.74) is 5.45. The average Bonchev–Trinajstić information content (AvgIpc) is 2.88. The average molecular weight is 483 g/mol. The van der Waals surface area contributed by atoms with Crippen molar-refractivity contribution in [3.63, 3.8) is 0 Å². The summed E-state index contributed by atoms with van der Waals surface area (Å²) in [6, 6.07) is 19.5. The third kappa shape index (κ3) is 4.95. The first-order valence-electron chi connectivity index (χ1n) is 13.3. The number of benzene rings is 2. The minimum absolute atomic E-state index is 0.0425. The van der Waals surface area contributed by atoms with E-state index < -0.39 is 0 Å². The van der Waals surface area contributed by atoms with Gasteiger partial charge in [0.2, 0.25) is 0 Å². The van der Waals surface area contributed by atoms with E-state index in [9.17, 15) is 4.79 Å². The van der Waals surface area contributed by atoms with Crippen LogP contribution in [-0.2, 0) is 13.0 Å². The molecular formula is C31H38N4O. The van der Waals surface area contributed by atoms with Gasteiger partial charge in [-0.25, -0.2) is 4.98 Å². The van der Waals surface area contributed by atoms with Crippen molar-refractivity contribution in [2.24, 2.45) is 5.41 Å². The summed E-state index contributed by atoms with van der Waals surface area (Å²) >= 11 is 0. The van der Waals surface area contributed by atoms with Crippen molar-refractivity contribution >= 4 is 6.08 Å². The maximum Gasteiger partial charge on any atom is 0.257 e. The molecule has 1 fully saturated rings. The van der Waals surface area contributed by atoms with Crippen LogP contribution in [0.15, 0.2) is 65.5 Å². The molecule has 2 aliphatic rings. The third-order valence-corrected chi connectivity index (χ3v) is 7.66. The Balaban J connectivity index is 1.63. The highest BCUT2D eigenvalue weighted by molar-refractivity contribution is 5.53. The number of hydrogen-bond donors (Lipinski definition) is 1. The first-order valence-corrected chi connectivity index (χ1v) is 13.3. The van der Waals surface area contributed by atoms with Crippen molar-refractivity contribution in [2.75, 3.05) is 19.6 Å². The van der Waals surface area contributed by atoms with Gasteiger partial charge >= 0.3 is 0 Å². The summed E-state index contributed by atoms with van der Waals surface area (Å²) in [6.45, 7) is 12.0. The lowest BCUT2D eigenvalue weighted by atomic mass is 9.81. The fourth-order valence-corrected chi connectivity index (χ4v) is 5.68. The summed E-state index contributed by atoms with van der Waals surface area (Å²) in [5.74, 6) is 0.883. The van der Waals surface area contributed by atoms with Gasteiger partial charge < -0.3 is 5.32 Å². The fraction of sp³-hybridized carbons (Fsp3) is 0.419. The Bertz CT molecular complexity index is 1290. The Morgan fingerprint density at radius 3 is 2.58 bits per heavy atom. The van der Waals surface area contributed by atoms with E-state index in [0.717, 1.165) is 55.1 Å². The number of nitrogens with zero attached hydrogens (tertiary/aromatic N) is 3. The highest BCUT2D eigenvalue weighted by atomic mass is 16.1. The standard InChI is InChI=1S/C31H38N4O/c1-5-27(34-18-17-32-20-28(34)24-13-11-22(2)12-14-24)29-33-26-15-16-31(3,4)19-25(26)30(36)35(29)21-23-9-7-6-8-10-23/h6-16,27-28,32H,5,17-21H2,1-4H3. The normalized spacial score (nSPS) is 20.2. The van der Waals surface area contributed by atoms with Crippen LogP contribution in [0.1, 0.15) is 73.0 Å². The van der Waals surface area contributed by atoms with E-state index in [2.05, 4.69) is 86.5 Å². The third-order valence-electron chi connectivity index (χ3n) is 7.66. The molecule has 0 spiro atoms. The van der Waals surface area contributed by atoms with Crippen molar-refractivity contribution in [1.29, 1.82) is 0 Å². The topological polar surface area (TPSA) is 50.2 Å². The monoisotopic (exact) mass is 482 g/mol. The van der Waals surface area contributed by atoms with E-state index in [0.29, 0.717) is 6.54 Å². The summed E-state index contributed by atoms with van der Waals surface area (Å²) < 4.78 is 1.96. The molecule has 1 N–H and O–H groups in total. The van der Waals surface area contributed by atoms with Gasteiger partial charge in [0.1, 0.15) is 5.82 Å². The van der Waals surface area contributed by atoms with Gasteiger partial charge in [0.05, 0.1) is 18.3 Å². The Morgan fingerprint density at radius 1 is 1.11 bits per heavy atom. The molecule has 5 rings (SSSR count). The minimum atomic E-state index is -0.0425. The second kappa shape index (κ2) is 10.2. The van der Waals surface area contributed by atoms with Gasteiger partial charge in [-0.1, -0.05) is 87.0 Å². The summed E-state index contributed by atoms with van der Waals surface area (Å²) in [7, 11) is 0. The Hall–Kier alpha value is -3.02. The molecule has 1 aliphatic carbocycles. The molecule has 1 aromatic heterocycles. The molecule has 1 aliphatic heterocycles. The van der Waals surface area contributed by atoms with Crippen LogP contribution >= 0.6 is 0 Å². The van der Waals surface area contributed by atoms with Crippen LogP contribution in [-0.4, -0.2) is 34.1 Å². The lowest BCUT2D eigenvalue weighted by molar-refractivity contribution is 0.0943. The van der Waals surface area contributed by atoms with Gasteiger partial charge in [0.15, 0.2) is 0 Å². The number of aromatic nitrogens is 2. The Kier molecular flexibility index (Phi) is 6.96. The molecular weight excluding hydrogens is 444 g/mol. The van der Waals surface area contributed by atoms with Crippen LogP contribution < -0.4 is 10.9 Å². The van der Waals surface area contributed by atoms with Gasteiger partial charge in [0, 0.05) is 31.2 Å². The molecule has 2 heterocycles. The van der Waals surface area contributed by atoms with Crippen LogP contribution in [0.25, 0.3) is 6.08 Å². The molecule has 0 amide bonds. The van der Waals surface area contributed by atoms with Crippen LogP contribution in [0.4, 0.5) is 0 Å². The van der Waals surface area contributed by atoms with Crippen molar-refractivity contribution in [3.05, 3.63) is 105 Å². The highest BCUT2D eigenvalue weighted by Gasteiger charge is 2.34. The summed E-state index contributed by atoms with van der Waals surface area (Å²) in [6.07, 6.45) is 5.88. The largest absolute Gasteiger partial charge is 0.314 e. The summed E-state index contributed by atoms with van der Waals surface area (Å²) in [4.78, 5) is 21.9. The van der Waals surface area contributed by atoms with E-state index in [1.165, 1.54) is 11.1 Å². The zero-order chi connectivity index (χ0) is 25.3. The van der Waals surface area contributed by atoms with Crippen LogP contribution in [0.3, 0.4) is 0 Å². The second-order valence-electron chi connectivity index (χ2n) is 11.0. The van der Waals surface area contributed by atoms with E-state index in [1.54, 1.807) is 0 Å². The van der Waals surface area contributed by atoms with Crippen LogP contribution in [0, 0.1) is 12.3 Å². The lowest BCUT2D eigenvalue weighted by Gasteiger charge is -2.42. The molecule has 5 heteroatoms. The molecule has 3 aromatic rings. The maximum absolute atomic E-state index is 14.1. The molecule has 2 unspecified atom stereocenters. The zero-order valence-electron chi connectivity index (χ0n) is 22.0. The molecule has 1 saturated heterocycles. The number of nitrogens with one attached hydrogen (secondary N) is 1. The molecule has 36 heavy (non-hydrogen) atoms. The Morgan fingerprint density at radius 2 is 1.86 bits per heavy atom. The smallest absolute Gasteiger partial charge is 0.257 e. The fourth-order valence-electron chi connectivity index (χ4n) is 5.68. The van der Waals surface area contributed by atoms with Crippen LogP contribution in [0.2, 0.25) is 0 Å². The number of fused-ring (bicyclic) bond motifs is 1. The van der Waals surface area contributed by atoms with E-state index in [4.69, 9.17) is 4.98 Å². The molecule has 0 bridgehead atoms. The molecule has 188 valence electrons. The van der Waals surface area contributed by atoms with Gasteiger partial charge in [0.25, 0.3) is 5.56 Å². The Labute approximate surface area is 214 Å². The maximum atomic E-state index is 14.1. The molecule has 2 aromatic carbocycles. The summed E-state index contributed by atoms with van der Waals surface area (Å²) in [5, 5.41) is 3.59. The molecule has 0 radical (unpaired) electrons. The highest BCUT2D eigenvalue weighted by Crippen LogP contribution is 2.35. The molecule has 0 saturated carbocycles. The van der Waals surface area contributed by atoms with Crippen LogP contribution in [0.5, 0.6) is 0 Å². The molecule has 5 nitrogen and oxygen atoms in total. The number of hydrogen-bond acceptors (Lipinski definition) is 4. The van der Waals surface area contributed by atoms with Crippen molar-refractivity contribution in [1.82, 2.24) is 19.8 Å². The van der Waals surface area contributed by atoms with Gasteiger partial charge in [-0.2, -0.15) is 0 Å². The first-order chi connectivity index (χ1) is 17.4. The zero-order valence-corrected chi connectivity index (χ0v) is 22.0. The van der Waals surface area contributed by atoms with Crippen molar-refractivity contribution < 1.29 is 0 Å². The number of allylic oxidation sites excluding steroid dienone is 1. The van der Waals surface area contributed by atoms with Gasteiger partial charge in [-0.05, 0) is 42.4 Å². The van der Waals surface area contributed by atoms with E-state index >= 15 is 0 Å². The quantitative estimate of drug-likeness (QED) is 0.518. The predicted octanol–water partition coefficient (Wildman–Crippen LogP) is 5.29. The predicted molar refractivity (Wildman–Crippen MR) is 147 cm³/mol. The first kappa shape index (κ1) is 24.7. The SMILES string of the molecule is CCC(c1nc2c(c(=O)n1Cc1ccccc1)CC(C)(C)C=C2)N1CCNCC1c1ccc(C)cc1. The van der Waals surface area contributed by atoms with E-state index in [1.807, 2.05) is 22.8 Å². The number of aryl methyl sites for hydroxylation is 1. The van der Waals surface area contributed by atoms with Crippen molar-refractivity contribution in [2.45, 2.75) is 59.2 Å². The van der Waals surface area contributed by atoms with Gasteiger partial charge in [-0.15, -0.1) is 0 Å². The van der Waals surface area contributed by atoms with Crippen molar-refractivity contribution in [3.8, 4) is 0 Å². The number of piperazine rings is 1. The van der Waals surface area contributed by atoms with Gasteiger partial charge in [-0.3, -0.25) is 14.3 Å². The minimum Gasteiger partial charge on any atom is -0.314 e. The number of rotatable bonds is 6. The lowest BCUT2D eigenvalue weighted by Crippen LogP contribution is -2.49. The second-order valence-corrected chi connectivity index (χ2v) is 11.0.